The van der Waals surface area contributed by atoms with Crippen LogP contribution in [-0.4, -0.2) is 5.91 Å². The van der Waals surface area contributed by atoms with Crippen LogP contribution in [0.2, 0.25) is 0 Å². The number of primary amides is 1. The van der Waals surface area contributed by atoms with Gasteiger partial charge in [0.05, 0.1) is 12.0 Å². The molecule has 0 saturated heterocycles. The number of rotatable bonds is 4. The second-order valence-corrected chi connectivity index (χ2v) is 4.14. The molecule has 0 fully saturated rings. The van der Waals surface area contributed by atoms with Crippen LogP contribution in [0, 0.1) is 5.82 Å². The lowest BCUT2D eigenvalue weighted by atomic mass is 9.98. The van der Waals surface area contributed by atoms with Gasteiger partial charge in [0, 0.05) is 5.56 Å². The molecule has 1 aromatic rings. The Morgan fingerprint density at radius 3 is 2.56 bits per heavy atom. The molecule has 0 aliphatic heterocycles. The Bertz CT molecular complexity index is 398. The van der Waals surface area contributed by atoms with Gasteiger partial charge in [-0.25, -0.2) is 4.39 Å². The molecule has 0 radical (unpaired) electrons. The minimum Gasteiger partial charge on any atom is -0.369 e. The third kappa shape index (κ3) is 2.91. The normalized spacial score (nSPS) is 14.5. The van der Waals surface area contributed by atoms with Gasteiger partial charge >= 0.3 is 0 Å². The van der Waals surface area contributed by atoms with Crippen LogP contribution in [0.1, 0.15) is 37.0 Å². The van der Waals surface area contributed by atoms with Crippen molar-refractivity contribution in [3.8, 4) is 0 Å². The molecule has 1 amide bonds. The molecule has 16 heavy (non-hydrogen) atoms. The maximum Gasteiger partial charge on any atom is 0.224 e. The van der Waals surface area contributed by atoms with Crippen LogP contribution in [0.15, 0.2) is 18.2 Å². The van der Waals surface area contributed by atoms with Gasteiger partial charge in [-0.15, -0.1) is 0 Å². The van der Waals surface area contributed by atoms with E-state index < -0.39 is 11.8 Å². The van der Waals surface area contributed by atoms with Crippen LogP contribution in [-0.2, 0) is 7.86 Å². The smallest absolute Gasteiger partial charge is 0.224 e. The lowest BCUT2D eigenvalue weighted by molar-refractivity contribution is -0.119. The summed E-state index contributed by atoms with van der Waals surface area (Å²) >= 11 is 1.73. The zero-order valence-corrected chi connectivity index (χ0v) is 11.2. The lowest BCUT2D eigenvalue weighted by Gasteiger charge is -2.12. The van der Waals surface area contributed by atoms with Gasteiger partial charge in [-0.3, -0.25) is 4.79 Å². The summed E-state index contributed by atoms with van der Waals surface area (Å²) in [6.45, 7) is 3.40. The Morgan fingerprint density at radius 2 is 2.12 bits per heavy atom. The van der Waals surface area contributed by atoms with Gasteiger partial charge in [0.25, 0.3) is 0 Å². The van der Waals surface area contributed by atoms with Crippen LogP contribution >= 0.6 is 23.0 Å². The first-order valence-electron chi connectivity index (χ1n) is 4.83. The van der Waals surface area contributed by atoms with Crippen LogP contribution in [0.4, 0.5) is 4.39 Å². The maximum atomic E-state index is 13.7. The van der Waals surface area contributed by atoms with Gasteiger partial charge < -0.3 is 8.80 Å². The molecular formula is C11H13FINO2. The fraction of sp³-hybridized carbons (Fsp3) is 0.364. The number of nitrogens with two attached hydrogens (primary N) is 1. The highest BCUT2D eigenvalue weighted by Crippen LogP contribution is 2.25. The highest BCUT2D eigenvalue weighted by atomic mass is 127. The number of carbonyl (C=O) groups excluding carboxylic acids is 1. The van der Waals surface area contributed by atoms with Crippen molar-refractivity contribution in [2.45, 2.75) is 25.9 Å². The Labute approximate surface area is 108 Å². The summed E-state index contributed by atoms with van der Waals surface area (Å²) in [7, 11) is 0. The van der Waals surface area contributed by atoms with E-state index in [2.05, 4.69) is 0 Å². The third-order valence-electron chi connectivity index (χ3n) is 2.52. The molecule has 0 heterocycles. The highest BCUT2D eigenvalue weighted by molar-refractivity contribution is 14.1. The number of hydrogen-bond acceptors (Lipinski definition) is 2. The molecule has 2 atom stereocenters. The Morgan fingerprint density at radius 1 is 1.50 bits per heavy atom. The van der Waals surface area contributed by atoms with E-state index in [4.69, 9.17) is 8.80 Å². The van der Waals surface area contributed by atoms with Crippen molar-refractivity contribution in [3.05, 3.63) is 35.1 Å². The molecule has 5 heteroatoms. The van der Waals surface area contributed by atoms with Crippen LogP contribution in [0.25, 0.3) is 0 Å². The standard InChI is InChI=1S/C11H13FINO2/c1-6(11(14)15)8-3-4-9(7(2)16-13)10(12)5-8/h3-7H,1-2H3,(H2,14,15). The highest BCUT2D eigenvalue weighted by Gasteiger charge is 2.16. The van der Waals surface area contributed by atoms with E-state index in [0.29, 0.717) is 11.1 Å². The first-order chi connectivity index (χ1) is 7.47. The van der Waals surface area contributed by atoms with Crippen molar-refractivity contribution in [3.63, 3.8) is 0 Å². The van der Waals surface area contributed by atoms with Crippen molar-refractivity contribution >= 4 is 28.9 Å². The molecule has 3 nitrogen and oxygen atoms in total. The summed E-state index contributed by atoms with van der Waals surface area (Å²) in [4.78, 5) is 11.0. The molecule has 2 unspecified atom stereocenters. The Balaban J connectivity index is 3.04. The molecule has 88 valence electrons. The zero-order chi connectivity index (χ0) is 12.3. The third-order valence-corrected chi connectivity index (χ3v) is 3.29. The fourth-order valence-corrected chi connectivity index (χ4v) is 1.63. The summed E-state index contributed by atoms with van der Waals surface area (Å²) in [5.74, 6) is -1.33. The lowest BCUT2D eigenvalue weighted by Crippen LogP contribution is -2.19. The summed E-state index contributed by atoms with van der Waals surface area (Å²) < 4.78 is 18.7. The minimum absolute atomic E-state index is 0.321. The van der Waals surface area contributed by atoms with Crippen molar-refractivity contribution in [1.82, 2.24) is 0 Å². The van der Waals surface area contributed by atoms with E-state index in [9.17, 15) is 9.18 Å². The minimum atomic E-state index is -0.487. The molecular weight excluding hydrogens is 324 g/mol. The first-order valence-corrected chi connectivity index (χ1v) is 5.71. The maximum absolute atomic E-state index is 13.7. The molecule has 0 saturated carbocycles. The van der Waals surface area contributed by atoms with Crippen LogP contribution < -0.4 is 5.73 Å². The Kier molecular flexibility index (Phi) is 4.67. The Hall–Kier alpha value is -0.690. The van der Waals surface area contributed by atoms with Crippen molar-refractivity contribution in [2.75, 3.05) is 0 Å². The summed E-state index contributed by atoms with van der Waals surface area (Å²) in [5.41, 5.74) is 6.20. The number of carbonyl (C=O) groups is 1. The SMILES string of the molecule is CC(OI)c1ccc(C(C)C(N)=O)cc1F. The van der Waals surface area contributed by atoms with E-state index in [1.54, 1.807) is 49.0 Å². The topological polar surface area (TPSA) is 52.3 Å². The average molecular weight is 337 g/mol. The van der Waals surface area contributed by atoms with E-state index >= 15 is 0 Å². The summed E-state index contributed by atoms with van der Waals surface area (Å²) in [5, 5.41) is 0. The number of hydrogen-bond donors (Lipinski definition) is 1. The second-order valence-electron chi connectivity index (χ2n) is 3.64. The zero-order valence-electron chi connectivity index (χ0n) is 9.04. The van der Waals surface area contributed by atoms with Gasteiger partial charge in [-0.05, 0) is 25.5 Å². The largest absolute Gasteiger partial charge is 0.369 e. The second kappa shape index (κ2) is 5.58. The number of benzene rings is 1. The van der Waals surface area contributed by atoms with Gasteiger partial charge in [0.15, 0.2) is 0 Å². The molecule has 0 aromatic heterocycles. The molecule has 0 aliphatic rings. The molecule has 1 rings (SSSR count). The summed E-state index contributed by atoms with van der Waals surface area (Å²) in [6, 6.07) is 4.64. The monoisotopic (exact) mass is 337 g/mol. The molecule has 2 N–H and O–H groups in total. The number of halogens is 2. The molecule has 0 aliphatic carbocycles. The quantitative estimate of drug-likeness (QED) is 0.859. The fourth-order valence-electron chi connectivity index (χ4n) is 1.35. The molecule has 0 bridgehead atoms. The first kappa shape index (κ1) is 13.4. The van der Waals surface area contributed by atoms with Gasteiger partial charge in [0.2, 0.25) is 5.91 Å². The molecule has 1 aromatic carbocycles. The number of amides is 1. The van der Waals surface area contributed by atoms with Gasteiger partial charge in [-0.2, -0.15) is 0 Å². The van der Waals surface area contributed by atoms with Crippen molar-refractivity contribution in [1.29, 1.82) is 0 Å². The van der Waals surface area contributed by atoms with Crippen molar-refractivity contribution < 1.29 is 12.3 Å². The van der Waals surface area contributed by atoms with Crippen LogP contribution in [0.3, 0.4) is 0 Å². The van der Waals surface area contributed by atoms with Crippen LogP contribution in [0.5, 0.6) is 0 Å². The predicted octanol–water partition coefficient (Wildman–Crippen LogP) is 2.84. The van der Waals surface area contributed by atoms with E-state index in [1.807, 2.05) is 0 Å². The molecule has 0 spiro atoms. The summed E-state index contributed by atoms with van der Waals surface area (Å²) in [6.07, 6.45) is -0.321. The van der Waals surface area contributed by atoms with E-state index in [-0.39, 0.29) is 11.9 Å². The van der Waals surface area contributed by atoms with Gasteiger partial charge in [0.1, 0.15) is 28.8 Å². The predicted molar refractivity (Wildman–Crippen MR) is 67.5 cm³/mol. The van der Waals surface area contributed by atoms with Gasteiger partial charge in [-0.1, -0.05) is 12.1 Å². The van der Waals surface area contributed by atoms with E-state index in [1.165, 1.54) is 6.07 Å². The average Bonchev–Trinajstić information content (AvgIpc) is 2.26. The van der Waals surface area contributed by atoms with Crippen molar-refractivity contribution in [2.24, 2.45) is 5.73 Å². The van der Waals surface area contributed by atoms with E-state index in [0.717, 1.165) is 0 Å².